The molecule has 0 aliphatic carbocycles. The first kappa shape index (κ1) is 14.4. The molecule has 2 rings (SSSR count). The number of benzene rings is 2. The van der Waals surface area contributed by atoms with E-state index in [9.17, 15) is 0 Å². The van der Waals surface area contributed by atoms with Crippen molar-refractivity contribution in [2.24, 2.45) is 5.73 Å². The number of anilines is 1. The average Bonchev–Trinajstić information content (AvgIpc) is 2.48. The summed E-state index contributed by atoms with van der Waals surface area (Å²) in [5.41, 5.74) is 9.17. The molecule has 0 radical (unpaired) electrons. The van der Waals surface area contributed by atoms with Gasteiger partial charge in [0.1, 0.15) is 12.4 Å². The minimum absolute atomic E-state index is 0.566. The number of ether oxygens (including phenoxy) is 1. The zero-order chi connectivity index (χ0) is 14.4. The van der Waals surface area contributed by atoms with Gasteiger partial charge in [0, 0.05) is 19.3 Å². The molecule has 0 heterocycles. The Morgan fingerprint density at radius 3 is 2.25 bits per heavy atom. The molecule has 0 spiro atoms. The van der Waals surface area contributed by atoms with E-state index >= 15 is 0 Å². The third kappa shape index (κ3) is 4.00. The van der Waals surface area contributed by atoms with Crippen LogP contribution >= 0.6 is 0 Å². The molecule has 2 aromatic carbocycles. The van der Waals surface area contributed by atoms with E-state index in [4.69, 9.17) is 10.5 Å². The lowest BCUT2D eigenvalue weighted by molar-refractivity contribution is 0.326. The molecule has 0 aromatic heterocycles. The minimum atomic E-state index is 0.566. The smallest absolute Gasteiger partial charge is 0.119 e. The van der Waals surface area contributed by atoms with Crippen molar-refractivity contribution in [3.05, 3.63) is 59.7 Å². The first-order valence-corrected chi connectivity index (χ1v) is 6.88. The predicted octanol–water partition coefficient (Wildman–Crippen LogP) is 2.97. The van der Waals surface area contributed by atoms with Crippen LogP contribution in [0.2, 0.25) is 0 Å². The normalized spacial score (nSPS) is 10.3. The van der Waals surface area contributed by atoms with Crippen LogP contribution < -0.4 is 15.4 Å². The van der Waals surface area contributed by atoms with Crippen molar-refractivity contribution in [3.8, 4) is 5.75 Å². The Labute approximate surface area is 121 Å². The highest BCUT2D eigenvalue weighted by atomic mass is 16.5. The number of hydrogen-bond donors (Lipinski definition) is 1. The summed E-state index contributed by atoms with van der Waals surface area (Å²) in [6.45, 7) is 4.17. The largest absolute Gasteiger partial charge is 0.492 e. The average molecular weight is 270 g/mol. The number of nitrogens with two attached hydrogens (primary N) is 1. The van der Waals surface area contributed by atoms with Crippen LogP contribution in [-0.4, -0.2) is 20.2 Å². The van der Waals surface area contributed by atoms with E-state index in [1.54, 1.807) is 0 Å². The summed E-state index contributed by atoms with van der Waals surface area (Å²) < 4.78 is 5.74. The SMILES string of the molecule is Cc1ccc(N(C)CCOc2ccc(CN)cc2)cc1. The van der Waals surface area contributed by atoms with Crippen LogP contribution in [0, 0.1) is 6.92 Å². The second-order valence-corrected chi connectivity index (χ2v) is 4.95. The summed E-state index contributed by atoms with van der Waals surface area (Å²) in [6.07, 6.45) is 0. The zero-order valence-electron chi connectivity index (χ0n) is 12.2. The fourth-order valence-corrected chi connectivity index (χ4v) is 1.95. The van der Waals surface area contributed by atoms with Gasteiger partial charge in [0.2, 0.25) is 0 Å². The van der Waals surface area contributed by atoms with E-state index in [0.717, 1.165) is 17.9 Å². The number of nitrogens with zero attached hydrogens (tertiary/aromatic N) is 1. The van der Waals surface area contributed by atoms with E-state index in [2.05, 4.69) is 43.1 Å². The molecular formula is C17H22N2O. The lowest BCUT2D eigenvalue weighted by Crippen LogP contribution is -2.23. The van der Waals surface area contributed by atoms with E-state index < -0.39 is 0 Å². The topological polar surface area (TPSA) is 38.5 Å². The Balaban J connectivity index is 1.81. The van der Waals surface area contributed by atoms with E-state index in [-0.39, 0.29) is 0 Å². The zero-order valence-corrected chi connectivity index (χ0v) is 12.2. The third-order valence-corrected chi connectivity index (χ3v) is 3.33. The maximum Gasteiger partial charge on any atom is 0.119 e. The Kier molecular flexibility index (Phi) is 5.02. The Morgan fingerprint density at radius 1 is 1.00 bits per heavy atom. The molecule has 3 nitrogen and oxygen atoms in total. The number of aryl methyl sites for hydroxylation is 1. The fraction of sp³-hybridized carbons (Fsp3) is 0.294. The van der Waals surface area contributed by atoms with Crippen LogP contribution in [0.4, 0.5) is 5.69 Å². The Morgan fingerprint density at radius 2 is 1.65 bits per heavy atom. The lowest BCUT2D eigenvalue weighted by atomic mass is 10.2. The van der Waals surface area contributed by atoms with Gasteiger partial charge in [-0.05, 0) is 36.8 Å². The van der Waals surface area contributed by atoms with Crippen molar-refractivity contribution in [2.75, 3.05) is 25.1 Å². The minimum Gasteiger partial charge on any atom is -0.492 e. The molecule has 0 fully saturated rings. The molecule has 0 aliphatic heterocycles. The molecule has 2 aromatic rings. The highest BCUT2D eigenvalue weighted by molar-refractivity contribution is 5.46. The van der Waals surface area contributed by atoms with E-state index in [1.807, 2.05) is 24.3 Å². The quantitative estimate of drug-likeness (QED) is 0.877. The number of hydrogen-bond acceptors (Lipinski definition) is 3. The maximum absolute atomic E-state index is 5.74. The van der Waals surface area contributed by atoms with Gasteiger partial charge in [0.05, 0.1) is 6.54 Å². The van der Waals surface area contributed by atoms with Gasteiger partial charge in [0.15, 0.2) is 0 Å². The van der Waals surface area contributed by atoms with Crippen molar-refractivity contribution >= 4 is 5.69 Å². The molecule has 0 saturated carbocycles. The first-order chi connectivity index (χ1) is 9.69. The van der Waals surface area contributed by atoms with Gasteiger partial charge in [0.25, 0.3) is 0 Å². The Bertz CT molecular complexity index is 520. The Hall–Kier alpha value is -2.00. The van der Waals surface area contributed by atoms with Crippen molar-refractivity contribution < 1.29 is 4.74 Å². The molecule has 0 bridgehead atoms. The van der Waals surface area contributed by atoms with Crippen LogP contribution in [0.5, 0.6) is 5.75 Å². The molecular weight excluding hydrogens is 248 g/mol. The van der Waals surface area contributed by atoms with Crippen LogP contribution in [0.1, 0.15) is 11.1 Å². The van der Waals surface area contributed by atoms with Crippen LogP contribution in [0.25, 0.3) is 0 Å². The fourth-order valence-electron chi connectivity index (χ4n) is 1.95. The molecule has 20 heavy (non-hydrogen) atoms. The first-order valence-electron chi connectivity index (χ1n) is 6.88. The van der Waals surface area contributed by atoms with E-state index in [1.165, 1.54) is 11.3 Å². The van der Waals surface area contributed by atoms with Crippen LogP contribution in [0.15, 0.2) is 48.5 Å². The molecule has 106 valence electrons. The van der Waals surface area contributed by atoms with Crippen molar-refractivity contribution in [1.82, 2.24) is 0 Å². The summed E-state index contributed by atoms with van der Waals surface area (Å²) in [4.78, 5) is 2.19. The van der Waals surface area contributed by atoms with Gasteiger partial charge in [-0.2, -0.15) is 0 Å². The summed E-state index contributed by atoms with van der Waals surface area (Å²) >= 11 is 0. The van der Waals surface area contributed by atoms with Crippen LogP contribution in [-0.2, 0) is 6.54 Å². The monoisotopic (exact) mass is 270 g/mol. The molecule has 0 atom stereocenters. The predicted molar refractivity (Wildman–Crippen MR) is 84.3 cm³/mol. The molecule has 0 unspecified atom stereocenters. The van der Waals surface area contributed by atoms with Crippen LogP contribution in [0.3, 0.4) is 0 Å². The second kappa shape index (κ2) is 6.96. The maximum atomic E-state index is 5.74. The molecule has 3 heteroatoms. The molecule has 0 aliphatic rings. The lowest BCUT2D eigenvalue weighted by Gasteiger charge is -2.19. The molecule has 0 saturated heterocycles. The highest BCUT2D eigenvalue weighted by Gasteiger charge is 2.01. The van der Waals surface area contributed by atoms with Gasteiger partial charge in [-0.1, -0.05) is 29.8 Å². The number of likely N-dealkylation sites (N-methyl/N-ethyl adjacent to an activating group) is 1. The summed E-state index contributed by atoms with van der Waals surface area (Å²) in [7, 11) is 2.07. The van der Waals surface area contributed by atoms with Gasteiger partial charge in [-0.15, -0.1) is 0 Å². The van der Waals surface area contributed by atoms with E-state index in [0.29, 0.717) is 13.2 Å². The number of rotatable bonds is 6. The third-order valence-electron chi connectivity index (χ3n) is 3.33. The highest BCUT2D eigenvalue weighted by Crippen LogP contribution is 2.14. The molecule has 0 amide bonds. The van der Waals surface area contributed by atoms with Gasteiger partial charge >= 0.3 is 0 Å². The van der Waals surface area contributed by atoms with Gasteiger partial charge < -0.3 is 15.4 Å². The second-order valence-electron chi connectivity index (χ2n) is 4.95. The van der Waals surface area contributed by atoms with Gasteiger partial charge in [-0.3, -0.25) is 0 Å². The summed E-state index contributed by atoms with van der Waals surface area (Å²) in [5, 5.41) is 0. The summed E-state index contributed by atoms with van der Waals surface area (Å²) in [5.74, 6) is 0.888. The summed E-state index contributed by atoms with van der Waals surface area (Å²) in [6, 6.07) is 16.4. The van der Waals surface area contributed by atoms with Crippen molar-refractivity contribution in [2.45, 2.75) is 13.5 Å². The standard InChI is InChI=1S/C17H22N2O/c1-14-3-7-16(8-4-14)19(2)11-12-20-17-9-5-15(13-18)6-10-17/h3-10H,11-13,18H2,1-2H3. The van der Waals surface area contributed by atoms with Crippen molar-refractivity contribution in [1.29, 1.82) is 0 Å². The van der Waals surface area contributed by atoms with Crippen molar-refractivity contribution in [3.63, 3.8) is 0 Å². The van der Waals surface area contributed by atoms with Gasteiger partial charge in [-0.25, -0.2) is 0 Å². The molecule has 2 N–H and O–H groups in total.